The molecular weight excluding hydrogens is 350 g/mol. The topological polar surface area (TPSA) is 107 Å². The number of nitrogens with zero attached hydrogens (tertiary/aromatic N) is 3. The van der Waals surface area contributed by atoms with Crippen molar-refractivity contribution in [3.8, 4) is 17.0 Å². The number of carbonyl (C=O) groups excluding carboxylic acids is 1. The van der Waals surface area contributed by atoms with E-state index in [0.717, 1.165) is 0 Å². The second kappa shape index (κ2) is 5.64. The van der Waals surface area contributed by atoms with Crippen LogP contribution in [0.15, 0.2) is 22.5 Å². The minimum Gasteiger partial charge on any atom is -0.475 e. The number of hydrogen-bond donors (Lipinski definition) is 2. The summed E-state index contributed by atoms with van der Waals surface area (Å²) in [6.45, 7) is 3.44. The lowest BCUT2D eigenvalue weighted by atomic mass is 10.0. The Balaban J connectivity index is 2.17. The van der Waals surface area contributed by atoms with Gasteiger partial charge in [0.2, 0.25) is 5.13 Å². The Morgan fingerprint density at radius 1 is 1.42 bits per heavy atom. The maximum atomic E-state index is 12.4. The first-order chi connectivity index (χ1) is 11.2. The zero-order chi connectivity index (χ0) is 17.6. The van der Waals surface area contributed by atoms with Crippen molar-refractivity contribution < 1.29 is 9.53 Å². The number of likely N-dealkylation sites (N-methyl/N-ethyl adjacent to an activating group) is 1. The molecule has 0 aliphatic carbocycles. The molecule has 2 heterocycles. The molecule has 4 N–H and O–H groups in total. The number of guanidine groups is 1. The number of fused-ring (bicyclic) bond motifs is 1. The number of aromatic nitrogens is 1. The lowest BCUT2D eigenvalue weighted by Crippen LogP contribution is -2.51. The number of carbonyl (C=O) groups is 1. The molecule has 1 aromatic carbocycles. The molecule has 0 radical (unpaired) electrons. The van der Waals surface area contributed by atoms with Gasteiger partial charge in [0.15, 0.2) is 17.3 Å². The lowest BCUT2D eigenvalue weighted by Gasteiger charge is -2.37. The number of halogens is 1. The van der Waals surface area contributed by atoms with Crippen LogP contribution in [0.3, 0.4) is 0 Å². The number of hydrogen-bond acceptors (Lipinski definition) is 5. The molecule has 126 valence electrons. The van der Waals surface area contributed by atoms with Crippen LogP contribution in [-0.2, 0) is 4.79 Å². The first-order valence-corrected chi connectivity index (χ1v) is 8.31. The van der Waals surface area contributed by atoms with E-state index >= 15 is 0 Å². The van der Waals surface area contributed by atoms with Gasteiger partial charge in [-0.1, -0.05) is 11.6 Å². The highest BCUT2D eigenvalue weighted by Crippen LogP contribution is 2.46. The second-order valence-corrected chi connectivity index (χ2v) is 7.10. The van der Waals surface area contributed by atoms with Crippen LogP contribution in [0.25, 0.3) is 11.3 Å². The van der Waals surface area contributed by atoms with Gasteiger partial charge in [-0.3, -0.25) is 4.79 Å². The largest absolute Gasteiger partial charge is 0.475 e. The molecule has 0 saturated carbocycles. The van der Waals surface area contributed by atoms with Gasteiger partial charge in [0.05, 0.1) is 11.4 Å². The van der Waals surface area contributed by atoms with Gasteiger partial charge in [0.25, 0.3) is 5.91 Å². The normalized spacial score (nSPS) is 15.7. The molecule has 2 aromatic rings. The van der Waals surface area contributed by atoms with Crippen LogP contribution < -0.4 is 21.1 Å². The van der Waals surface area contributed by atoms with Gasteiger partial charge in [0, 0.05) is 23.0 Å². The van der Waals surface area contributed by atoms with Crippen LogP contribution in [0, 0.1) is 0 Å². The van der Waals surface area contributed by atoms with Crippen LogP contribution in [-0.4, -0.2) is 29.5 Å². The number of thiazole rings is 1. The number of nitrogens with two attached hydrogens (primary N) is 2. The molecule has 7 nitrogen and oxygen atoms in total. The van der Waals surface area contributed by atoms with Crippen LogP contribution in [0.4, 0.5) is 10.8 Å². The fourth-order valence-corrected chi connectivity index (χ4v) is 3.41. The van der Waals surface area contributed by atoms with Crippen LogP contribution >= 0.6 is 22.9 Å². The molecule has 0 saturated heterocycles. The number of amides is 1. The summed E-state index contributed by atoms with van der Waals surface area (Å²) in [5.41, 5.74) is 11.7. The number of benzene rings is 1. The average molecular weight is 366 g/mol. The molecule has 24 heavy (non-hydrogen) atoms. The third-order valence-corrected chi connectivity index (χ3v) is 4.52. The summed E-state index contributed by atoms with van der Waals surface area (Å²) in [5.74, 6) is 0.336. The molecule has 0 unspecified atom stereocenters. The summed E-state index contributed by atoms with van der Waals surface area (Å²) in [5, 5.41) is 2.71. The molecule has 1 amide bonds. The van der Waals surface area contributed by atoms with Crippen molar-refractivity contribution in [3.05, 3.63) is 22.5 Å². The van der Waals surface area contributed by atoms with Crippen molar-refractivity contribution in [2.75, 3.05) is 11.9 Å². The maximum absolute atomic E-state index is 12.4. The van der Waals surface area contributed by atoms with Crippen molar-refractivity contribution in [1.82, 2.24) is 4.98 Å². The van der Waals surface area contributed by atoms with Crippen molar-refractivity contribution in [1.29, 1.82) is 0 Å². The molecule has 1 aromatic heterocycles. The standard InChI is InChI=1S/C15H16ClN5O2S/c1-15(2)12(22)21(3)10-5-7(16)4-8(11(10)23-15)9-6-24-14(19-9)20-13(17)18/h4-6H,1-3H3,(H4,17,18,19,20). The summed E-state index contributed by atoms with van der Waals surface area (Å²) in [7, 11) is 1.69. The van der Waals surface area contributed by atoms with E-state index in [9.17, 15) is 4.79 Å². The predicted molar refractivity (Wildman–Crippen MR) is 96.1 cm³/mol. The molecule has 1 aliphatic heterocycles. The highest BCUT2D eigenvalue weighted by molar-refractivity contribution is 7.13. The van der Waals surface area contributed by atoms with E-state index in [1.54, 1.807) is 38.4 Å². The average Bonchev–Trinajstić information content (AvgIpc) is 2.93. The van der Waals surface area contributed by atoms with Crippen LogP contribution in [0.2, 0.25) is 5.02 Å². The Bertz CT molecular complexity index is 858. The summed E-state index contributed by atoms with van der Waals surface area (Å²) in [4.78, 5) is 22.3. The van der Waals surface area contributed by atoms with Crippen molar-refractivity contribution in [2.45, 2.75) is 19.4 Å². The van der Waals surface area contributed by atoms with Crippen LogP contribution in [0.1, 0.15) is 13.8 Å². The molecule has 9 heteroatoms. The smallest absolute Gasteiger partial charge is 0.270 e. The van der Waals surface area contributed by atoms with Gasteiger partial charge in [-0.15, -0.1) is 11.3 Å². The minimum atomic E-state index is -0.983. The number of aliphatic imine (C=N–C) groups is 1. The van der Waals surface area contributed by atoms with Gasteiger partial charge in [0.1, 0.15) is 0 Å². The van der Waals surface area contributed by atoms with Crippen molar-refractivity contribution in [3.63, 3.8) is 0 Å². The monoisotopic (exact) mass is 365 g/mol. The molecule has 1 aliphatic rings. The zero-order valence-electron chi connectivity index (χ0n) is 13.3. The summed E-state index contributed by atoms with van der Waals surface area (Å²) in [6.07, 6.45) is 0. The van der Waals surface area contributed by atoms with Crippen molar-refractivity contribution >= 4 is 45.6 Å². The van der Waals surface area contributed by atoms with Crippen LogP contribution in [0.5, 0.6) is 5.75 Å². The third kappa shape index (κ3) is 2.78. The van der Waals surface area contributed by atoms with E-state index in [-0.39, 0.29) is 11.9 Å². The zero-order valence-corrected chi connectivity index (χ0v) is 14.9. The van der Waals surface area contributed by atoms with Gasteiger partial charge >= 0.3 is 0 Å². The van der Waals surface area contributed by atoms with E-state index in [1.165, 1.54) is 16.2 Å². The van der Waals surface area contributed by atoms with Gasteiger partial charge in [-0.25, -0.2) is 4.98 Å². The Morgan fingerprint density at radius 2 is 2.12 bits per heavy atom. The van der Waals surface area contributed by atoms with E-state index in [2.05, 4.69) is 9.98 Å². The molecule has 0 atom stereocenters. The summed E-state index contributed by atoms with van der Waals surface area (Å²) in [6, 6.07) is 3.44. The number of ether oxygens (including phenoxy) is 1. The quantitative estimate of drug-likeness (QED) is 0.628. The lowest BCUT2D eigenvalue weighted by molar-refractivity contribution is -0.132. The number of rotatable bonds is 2. The van der Waals surface area contributed by atoms with E-state index in [4.69, 9.17) is 27.8 Å². The second-order valence-electron chi connectivity index (χ2n) is 5.83. The Kier molecular flexibility index (Phi) is 3.89. The Morgan fingerprint density at radius 3 is 2.79 bits per heavy atom. The fourth-order valence-electron chi connectivity index (χ4n) is 2.49. The van der Waals surface area contributed by atoms with Gasteiger partial charge < -0.3 is 21.1 Å². The fraction of sp³-hybridized carbons (Fsp3) is 0.267. The van der Waals surface area contributed by atoms with Crippen molar-refractivity contribution in [2.24, 2.45) is 16.5 Å². The SMILES string of the molecule is CN1C(=O)C(C)(C)Oc2c(-c3csc(N=C(N)N)n3)cc(Cl)cc21. The first-order valence-electron chi connectivity index (χ1n) is 7.05. The maximum Gasteiger partial charge on any atom is 0.270 e. The molecule has 3 rings (SSSR count). The molecule has 0 fully saturated rings. The minimum absolute atomic E-state index is 0.0632. The number of anilines is 1. The highest BCUT2D eigenvalue weighted by atomic mass is 35.5. The Hall–Kier alpha value is -2.32. The summed E-state index contributed by atoms with van der Waals surface area (Å²) >= 11 is 7.51. The molecular formula is C15H16ClN5O2S. The predicted octanol–water partition coefficient (Wildman–Crippen LogP) is 2.50. The van der Waals surface area contributed by atoms with Gasteiger partial charge in [-0.2, -0.15) is 4.99 Å². The molecule has 0 bridgehead atoms. The van der Waals surface area contributed by atoms with E-state index in [0.29, 0.717) is 32.8 Å². The summed E-state index contributed by atoms with van der Waals surface area (Å²) < 4.78 is 5.96. The first kappa shape index (κ1) is 16.5. The highest BCUT2D eigenvalue weighted by Gasteiger charge is 2.40. The van der Waals surface area contributed by atoms with E-state index in [1.807, 2.05) is 0 Å². The molecule has 0 spiro atoms. The van der Waals surface area contributed by atoms with Gasteiger partial charge in [-0.05, 0) is 26.0 Å². The Labute approximate surface area is 147 Å². The van der Waals surface area contributed by atoms with E-state index < -0.39 is 5.60 Å². The third-order valence-electron chi connectivity index (χ3n) is 3.57.